The fourth-order valence-electron chi connectivity index (χ4n) is 2.20. The molecule has 0 spiro atoms. The van der Waals surface area contributed by atoms with Crippen LogP contribution in [0.5, 0.6) is 0 Å². The van der Waals surface area contributed by atoms with E-state index in [0.29, 0.717) is 31.0 Å². The molecule has 0 aromatic carbocycles. The van der Waals surface area contributed by atoms with Gasteiger partial charge in [-0.1, -0.05) is 5.16 Å². The Morgan fingerprint density at radius 2 is 2.26 bits per heavy atom. The van der Waals surface area contributed by atoms with Crippen LogP contribution in [0.2, 0.25) is 0 Å². The fraction of sp³-hybridized carbons (Fsp3) is 0.692. The van der Waals surface area contributed by atoms with Crippen LogP contribution in [0.1, 0.15) is 42.6 Å². The average molecular weight is 267 g/mol. The molecular formula is C13H21N3O3. The van der Waals surface area contributed by atoms with Crippen molar-refractivity contribution in [3.8, 4) is 0 Å². The fourth-order valence-corrected chi connectivity index (χ4v) is 2.20. The number of hydrogen-bond acceptors (Lipinski definition) is 5. The van der Waals surface area contributed by atoms with E-state index in [1.165, 1.54) is 12.3 Å². The van der Waals surface area contributed by atoms with E-state index in [1.54, 1.807) is 0 Å². The lowest BCUT2D eigenvalue weighted by molar-refractivity contribution is 0.0241. The molecular weight excluding hydrogens is 246 g/mol. The maximum atomic E-state index is 11.5. The quantitative estimate of drug-likeness (QED) is 0.753. The molecule has 1 saturated carbocycles. The topological polar surface area (TPSA) is 90.4 Å². The normalized spacial score (nSPS) is 23.2. The molecule has 1 aromatic rings. The SMILES string of the molecule is NC1CCC(OCCCNC(=O)c2ccon2)CC1. The Morgan fingerprint density at radius 1 is 1.47 bits per heavy atom. The van der Waals surface area contributed by atoms with Gasteiger partial charge >= 0.3 is 0 Å². The molecule has 1 heterocycles. The van der Waals surface area contributed by atoms with Gasteiger partial charge in [-0.05, 0) is 32.1 Å². The van der Waals surface area contributed by atoms with Crippen LogP contribution in [-0.4, -0.2) is 36.4 Å². The summed E-state index contributed by atoms with van der Waals surface area (Å²) in [5.41, 5.74) is 6.14. The van der Waals surface area contributed by atoms with Gasteiger partial charge in [0, 0.05) is 25.3 Å². The number of rotatable bonds is 6. The van der Waals surface area contributed by atoms with Crippen molar-refractivity contribution >= 4 is 5.91 Å². The molecule has 1 aromatic heterocycles. The van der Waals surface area contributed by atoms with Gasteiger partial charge in [-0.3, -0.25) is 4.79 Å². The summed E-state index contributed by atoms with van der Waals surface area (Å²) in [6.07, 6.45) is 6.71. The minimum atomic E-state index is -0.211. The molecule has 0 saturated heterocycles. The Labute approximate surface area is 112 Å². The predicted octanol–water partition coefficient (Wildman–Crippen LogP) is 1.08. The number of ether oxygens (including phenoxy) is 1. The van der Waals surface area contributed by atoms with Gasteiger partial charge in [0.15, 0.2) is 5.69 Å². The number of nitrogens with one attached hydrogen (secondary N) is 1. The predicted molar refractivity (Wildman–Crippen MR) is 69.6 cm³/mol. The van der Waals surface area contributed by atoms with Gasteiger partial charge in [-0.25, -0.2) is 0 Å². The Morgan fingerprint density at radius 3 is 2.95 bits per heavy atom. The molecule has 0 aliphatic heterocycles. The van der Waals surface area contributed by atoms with Gasteiger partial charge in [-0.15, -0.1) is 0 Å². The highest BCUT2D eigenvalue weighted by Crippen LogP contribution is 2.19. The molecule has 1 amide bonds. The molecule has 19 heavy (non-hydrogen) atoms. The first-order chi connectivity index (χ1) is 9.25. The molecule has 3 N–H and O–H groups in total. The molecule has 2 rings (SSSR count). The van der Waals surface area contributed by atoms with Gasteiger partial charge in [0.1, 0.15) is 6.26 Å². The van der Waals surface area contributed by atoms with Gasteiger partial charge in [0.2, 0.25) is 0 Å². The molecule has 0 unspecified atom stereocenters. The molecule has 106 valence electrons. The third kappa shape index (κ3) is 4.65. The first-order valence-electron chi connectivity index (χ1n) is 6.81. The van der Waals surface area contributed by atoms with E-state index < -0.39 is 0 Å². The van der Waals surface area contributed by atoms with Crippen molar-refractivity contribution in [2.24, 2.45) is 5.73 Å². The lowest BCUT2D eigenvalue weighted by Crippen LogP contribution is -2.31. The van der Waals surface area contributed by atoms with Gasteiger partial charge in [0.05, 0.1) is 6.10 Å². The van der Waals surface area contributed by atoms with Crippen molar-refractivity contribution in [1.82, 2.24) is 10.5 Å². The van der Waals surface area contributed by atoms with E-state index >= 15 is 0 Å². The van der Waals surface area contributed by atoms with E-state index in [9.17, 15) is 4.79 Å². The van der Waals surface area contributed by atoms with Gasteiger partial charge in [-0.2, -0.15) is 0 Å². The minimum absolute atomic E-state index is 0.211. The average Bonchev–Trinajstić information content (AvgIpc) is 2.94. The molecule has 1 fully saturated rings. The van der Waals surface area contributed by atoms with Crippen LogP contribution in [0, 0.1) is 0 Å². The highest BCUT2D eigenvalue weighted by atomic mass is 16.5. The maximum absolute atomic E-state index is 11.5. The monoisotopic (exact) mass is 267 g/mol. The molecule has 1 aliphatic carbocycles. The van der Waals surface area contributed by atoms with E-state index in [4.69, 9.17) is 10.5 Å². The van der Waals surface area contributed by atoms with Crippen LogP contribution in [0.15, 0.2) is 16.9 Å². The summed E-state index contributed by atoms with van der Waals surface area (Å²) in [4.78, 5) is 11.5. The second kappa shape index (κ2) is 7.25. The van der Waals surface area contributed by atoms with Gasteiger partial charge in [0.25, 0.3) is 5.91 Å². The number of nitrogens with zero attached hydrogens (tertiary/aromatic N) is 1. The highest BCUT2D eigenvalue weighted by Gasteiger charge is 2.18. The third-order valence-electron chi connectivity index (χ3n) is 3.35. The largest absolute Gasteiger partial charge is 0.378 e. The minimum Gasteiger partial charge on any atom is -0.378 e. The standard InChI is InChI=1S/C13H21N3O3/c14-10-2-4-11(5-3-10)18-8-1-7-15-13(17)12-6-9-19-16-12/h6,9-11H,1-5,7-8,14H2,(H,15,17). The lowest BCUT2D eigenvalue weighted by Gasteiger charge is -2.26. The van der Waals surface area contributed by atoms with Crippen molar-refractivity contribution in [3.63, 3.8) is 0 Å². The Balaban J connectivity index is 1.51. The zero-order valence-electron chi connectivity index (χ0n) is 11.0. The van der Waals surface area contributed by atoms with Crippen LogP contribution < -0.4 is 11.1 Å². The maximum Gasteiger partial charge on any atom is 0.273 e. The van der Waals surface area contributed by atoms with Crippen molar-refractivity contribution in [3.05, 3.63) is 18.0 Å². The second-order valence-corrected chi connectivity index (χ2v) is 4.90. The molecule has 6 nitrogen and oxygen atoms in total. The number of carbonyl (C=O) groups excluding carboxylic acids is 1. The van der Waals surface area contributed by atoms with Crippen molar-refractivity contribution in [2.45, 2.75) is 44.2 Å². The summed E-state index contributed by atoms with van der Waals surface area (Å²) in [6.45, 7) is 1.25. The summed E-state index contributed by atoms with van der Waals surface area (Å²) in [5.74, 6) is -0.211. The van der Waals surface area contributed by atoms with E-state index in [-0.39, 0.29) is 5.91 Å². The summed E-state index contributed by atoms with van der Waals surface area (Å²) < 4.78 is 10.4. The highest BCUT2D eigenvalue weighted by molar-refractivity contribution is 5.91. The lowest BCUT2D eigenvalue weighted by atomic mass is 9.94. The third-order valence-corrected chi connectivity index (χ3v) is 3.35. The Kier molecular flexibility index (Phi) is 5.35. The van der Waals surface area contributed by atoms with Gasteiger partial charge < -0.3 is 20.3 Å². The number of aromatic nitrogens is 1. The summed E-state index contributed by atoms with van der Waals surface area (Å²) in [5, 5.41) is 6.33. The summed E-state index contributed by atoms with van der Waals surface area (Å²) >= 11 is 0. The van der Waals surface area contributed by atoms with Crippen molar-refractivity contribution in [2.75, 3.05) is 13.2 Å². The second-order valence-electron chi connectivity index (χ2n) is 4.90. The first-order valence-corrected chi connectivity index (χ1v) is 6.81. The number of carbonyl (C=O) groups is 1. The first kappa shape index (κ1) is 14.0. The van der Waals surface area contributed by atoms with E-state index in [1.807, 2.05) is 0 Å². The van der Waals surface area contributed by atoms with Crippen LogP contribution in [0.3, 0.4) is 0 Å². The van der Waals surface area contributed by atoms with Crippen LogP contribution in [0.4, 0.5) is 0 Å². The summed E-state index contributed by atoms with van der Waals surface area (Å²) in [7, 11) is 0. The van der Waals surface area contributed by atoms with Crippen LogP contribution in [0.25, 0.3) is 0 Å². The Hall–Kier alpha value is -1.40. The zero-order chi connectivity index (χ0) is 13.5. The molecule has 0 bridgehead atoms. The molecule has 0 atom stereocenters. The molecule has 6 heteroatoms. The zero-order valence-corrected chi connectivity index (χ0v) is 11.0. The number of nitrogens with two attached hydrogens (primary N) is 1. The van der Waals surface area contributed by atoms with E-state index in [0.717, 1.165) is 32.1 Å². The molecule has 0 radical (unpaired) electrons. The van der Waals surface area contributed by atoms with Crippen molar-refractivity contribution in [1.29, 1.82) is 0 Å². The Bertz CT molecular complexity index is 372. The van der Waals surface area contributed by atoms with Crippen LogP contribution >= 0.6 is 0 Å². The smallest absolute Gasteiger partial charge is 0.273 e. The van der Waals surface area contributed by atoms with Crippen molar-refractivity contribution < 1.29 is 14.1 Å². The number of amides is 1. The summed E-state index contributed by atoms with van der Waals surface area (Å²) in [6, 6.07) is 1.89. The molecule has 1 aliphatic rings. The van der Waals surface area contributed by atoms with E-state index in [2.05, 4.69) is 15.0 Å². The van der Waals surface area contributed by atoms with Crippen LogP contribution in [-0.2, 0) is 4.74 Å². The number of hydrogen-bond donors (Lipinski definition) is 2.